The Morgan fingerprint density at radius 3 is 2.76 bits per heavy atom. The number of hydrogen-bond acceptors (Lipinski definition) is 4. The summed E-state index contributed by atoms with van der Waals surface area (Å²) in [6.07, 6.45) is 0. The lowest BCUT2D eigenvalue weighted by molar-refractivity contribution is -0.0767. The van der Waals surface area contributed by atoms with Gasteiger partial charge >= 0.3 is 0 Å². The first kappa shape index (κ1) is 11.9. The Hall–Kier alpha value is -1.57. The van der Waals surface area contributed by atoms with Crippen LogP contribution in [0.5, 0.6) is 5.75 Å². The van der Waals surface area contributed by atoms with E-state index in [0.29, 0.717) is 17.9 Å². The van der Waals surface area contributed by atoms with Crippen molar-refractivity contribution in [2.45, 2.75) is 19.1 Å². The summed E-state index contributed by atoms with van der Waals surface area (Å²) < 4.78 is 11.0. The lowest BCUT2D eigenvalue weighted by Gasteiger charge is -2.39. The summed E-state index contributed by atoms with van der Waals surface area (Å²) in [7, 11) is 1.57. The molecule has 1 aliphatic rings. The van der Waals surface area contributed by atoms with Crippen molar-refractivity contribution in [1.82, 2.24) is 5.32 Å². The summed E-state index contributed by atoms with van der Waals surface area (Å²) in [6.45, 7) is 4.41. The van der Waals surface area contributed by atoms with Gasteiger partial charge in [0.25, 0.3) is 0 Å². The van der Waals surface area contributed by atoms with E-state index in [0.717, 1.165) is 18.7 Å². The van der Waals surface area contributed by atoms with Crippen LogP contribution in [-0.2, 0) is 11.3 Å². The minimum atomic E-state index is -0.0544. The molecule has 4 nitrogen and oxygen atoms in total. The molecule has 90 valence electrons. The van der Waals surface area contributed by atoms with Gasteiger partial charge in [-0.2, -0.15) is 5.26 Å². The third-order valence-electron chi connectivity index (χ3n) is 2.97. The van der Waals surface area contributed by atoms with E-state index in [1.807, 2.05) is 12.1 Å². The number of nitrogens with one attached hydrogen (secondary N) is 1. The van der Waals surface area contributed by atoms with E-state index in [1.54, 1.807) is 13.2 Å². The molecule has 0 bridgehead atoms. The minimum Gasteiger partial charge on any atom is -0.495 e. The fourth-order valence-electron chi connectivity index (χ4n) is 1.75. The monoisotopic (exact) mass is 232 g/mol. The first-order valence-corrected chi connectivity index (χ1v) is 5.58. The molecule has 1 saturated heterocycles. The molecule has 0 spiro atoms. The highest BCUT2D eigenvalue weighted by atomic mass is 16.5. The van der Waals surface area contributed by atoms with Crippen LogP contribution >= 0.6 is 0 Å². The van der Waals surface area contributed by atoms with Crippen LogP contribution in [0.25, 0.3) is 0 Å². The van der Waals surface area contributed by atoms with Gasteiger partial charge in [0.2, 0.25) is 0 Å². The summed E-state index contributed by atoms with van der Waals surface area (Å²) in [6, 6.07) is 7.61. The second-order valence-corrected chi connectivity index (χ2v) is 4.49. The maximum absolute atomic E-state index is 8.88. The fraction of sp³-hybridized carbons (Fsp3) is 0.462. The van der Waals surface area contributed by atoms with E-state index < -0.39 is 0 Å². The third-order valence-corrected chi connectivity index (χ3v) is 2.97. The predicted octanol–water partition coefficient (Wildman–Crippen LogP) is 1.45. The van der Waals surface area contributed by atoms with Gasteiger partial charge in [-0.3, -0.25) is 0 Å². The van der Waals surface area contributed by atoms with E-state index in [-0.39, 0.29) is 5.60 Å². The van der Waals surface area contributed by atoms with Gasteiger partial charge in [-0.15, -0.1) is 0 Å². The van der Waals surface area contributed by atoms with E-state index in [9.17, 15) is 0 Å². The number of nitriles is 1. The third kappa shape index (κ3) is 2.57. The molecule has 0 aliphatic carbocycles. The van der Waals surface area contributed by atoms with Gasteiger partial charge in [0, 0.05) is 13.1 Å². The van der Waals surface area contributed by atoms with Crippen LogP contribution in [0.4, 0.5) is 0 Å². The highest BCUT2D eigenvalue weighted by Crippen LogP contribution is 2.22. The minimum absolute atomic E-state index is 0.0544. The van der Waals surface area contributed by atoms with Crippen molar-refractivity contribution in [2.24, 2.45) is 0 Å². The van der Waals surface area contributed by atoms with E-state index in [1.165, 1.54) is 0 Å². The van der Waals surface area contributed by atoms with Gasteiger partial charge in [0.1, 0.15) is 11.8 Å². The number of ether oxygens (including phenoxy) is 2. The van der Waals surface area contributed by atoms with E-state index in [2.05, 4.69) is 18.3 Å². The van der Waals surface area contributed by atoms with Crippen LogP contribution in [0.3, 0.4) is 0 Å². The molecular weight excluding hydrogens is 216 g/mol. The predicted molar refractivity (Wildman–Crippen MR) is 63.8 cm³/mol. The maximum Gasteiger partial charge on any atom is 0.136 e. The molecule has 1 aliphatic heterocycles. The Labute approximate surface area is 101 Å². The van der Waals surface area contributed by atoms with Crippen LogP contribution < -0.4 is 10.1 Å². The molecule has 1 heterocycles. The van der Waals surface area contributed by atoms with Gasteiger partial charge < -0.3 is 14.8 Å². The molecule has 1 fully saturated rings. The molecule has 0 saturated carbocycles. The smallest absolute Gasteiger partial charge is 0.136 e. The number of rotatable bonds is 4. The molecule has 1 N–H and O–H groups in total. The molecule has 2 rings (SSSR count). The lowest BCUT2D eigenvalue weighted by Crippen LogP contribution is -2.58. The Morgan fingerprint density at radius 1 is 1.47 bits per heavy atom. The molecule has 0 radical (unpaired) electrons. The van der Waals surface area contributed by atoms with Crippen molar-refractivity contribution >= 4 is 0 Å². The van der Waals surface area contributed by atoms with Crippen molar-refractivity contribution < 1.29 is 9.47 Å². The molecule has 0 amide bonds. The number of hydrogen-bond donors (Lipinski definition) is 1. The lowest BCUT2D eigenvalue weighted by atomic mass is 10.00. The Kier molecular flexibility index (Phi) is 3.32. The first-order valence-electron chi connectivity index (χ1n) is 5.58. The van der Waals surface area contributed by atoms with Gasteiger partial charge in [-0.1, -0.05) is 6.07 Å². The van der Waals surface area contributed by atoms with Crippen LogP contribution in [-0.4, -0.2) is 25.8 Å². The standard InChI is InChI=1S/C13H16N2O2/c1-13(8-15-9-13)17-7-10-3-4-11(6-14)12(5-10)16-2/h3-5,15H,7-9H2,1-2H3. The summed E-state index contributed by atoms with van der Waals surface area (Å²) in [4.78, 5) is 0. The second-order valence-electron chi connectivity index (χ2n) is 4.49. The SMILES string of the molecule is COc1cc(COC2(C)CNC2)ccc1C#N. The van der Waals surface area contributed by atoms with Gasteiger partial charge in [0.15, 0.2) is 0 Å². The Morgan fingerprint density at radius 2 is 2.24 bits per heavy atom. The Bertz CT molecular complexity index is 447. The van der Waals surface area contributed by atoms with Crippen LogP contribution in [0.15, 0.2) is 18.2 Å². The second kappa shape index (κ2) is 4.74. The zero-order valence-electron chi connectivity index (χ0n) is 10.1. The van der Waals surface area contributed by atoms with Crippen LogP contribution in [0.2, 0.25) is 0 Å². The quantitative estimate of drug-likeness (QED) is 0.853. The first-order chi connectivity index (χ1) is 8.17. The van der Waals surface area contributed by atoms with E-state index in [4.69, 9.17) is 14.7 Å². The van der Waals surface area contributed by atoms with Gasteiger partial charge in [0.05, 0.1) is 24.9 Å². The molecule has 1 aromatic rings. The highest BCUT2D eigenvalue weighted by Gasteiger charge is 2.32. The summed E-state index contributed by atoms with van der Waals surface area (Å²) >= 11 is 0. The fourth-order valence-corrected chi connectivity index (χ4v) is 1.75. The van der Waals surface area contributed by atoms with Crippen molar-refractivity contribution in [3.8, 4) is 11.8 Å². The van der Waals surface area contributed by atoms with Crippen LogP contribution in [0.1, 0.15) is 18.1 Å². The Balaban J connectivity index is 2.04. The van der Waals surface area contributed by atoms with Crippen molar-refractivity contribution in [1.29, 1.82) is 5.26 Å². The number of nitrogens with zero attached hydrogens (tertiary/aromatic N) is 1. The van der Waals surface area contributed by atoms with Crippen molar-refractivity contribution in [3.63, 3.8) is 0 Å². The molecular formula is C13H16N2O2. The molecule has 0 unspecified atom stereocenters. The van der Waals surface area contributed by atoms with Gasteiger partial charge in [-0.05, 0) is 24.6 Å². The molecule has 4 heteroatoms. The average molecular weight is 232 g/mol. The average Bonchev–Trinajstić information content (AvgIpc) is 2.33. The summed E-state index contributed by atoms with van der Waals surface area (Å²) in [5.41, 5.74) is 1.52. The molecule has 0 aromatic heterocycles. The van der Waals surface area contributed by atoms with Gasteiger partial charge in [-0.25, -0.2) is 0 Å². The van der Waals surface area contributed by atoms with E-state index >= 15 is 0 Å². The number of methoxy groups -OCH3 is 1. The molecule has 1 aromatic carbocycles. The molecule has 17 heavy (non-hydrogen) atoms. The van der Waals surface area contributed by atoms with Crippen LogP contribution in [0, 0.1) is 11.3 Å². The number of benzene rings is 1. The largest absolute Gasteiger partial charge is 0.495 e. The molecule has 0 atom stereocenters. The van der Waals surface area contributed by atoms with Crippen molar-refractivity contribution in [3.05, 3.63) is 29.3 Å². The zero-order chi connectivity index (χ0) is 12.3. The highest BCUT2D eigenvalue weighted by molar-refractivity contribution is 5.45. The van der Waals surface area contributed by atoms with Crippen molar-refractivity contribution in [2.75, 3.05) is 20.2 Å². The normalized spacial score (nSPS) is 17.0. The maximum atomic E-state index is 8.88. The summed E-state index contributed by atoms with van der Waals surface area (Å²) in [5.74, 6) is 0.602. The summed E-state index contributed by atoms with van der Waals surface area (Å²) in [5, 5.41) is 12.1. The topological polar surface area (TPSA) is 54.3 Å². The zero-order valence-corrected chi connectivity index (χ0v) is 10.1.